The number of hydrogen-bond donors (Lipinski definition) is 3. The highest BCUT2D eigenvalue weighted by molar-refractivity contribution is 8.05. The van der Waals surface area contributed by atoms with E-state index >= 15 is 0 Å². The van der Waals surface area contributed by atoms with E-state index < -0.39 is 26.9 Å². The molecule has 1 aliphatic carbocycles. The summed E-state index contributed by atoms with van der Waals surface area (Å²) in [5.41, 5.74) is 3.47. The molecule has 1 aromatic heterocycles. The SMILES string of the molecule is CC(=N)OC(=N)S(=O)(=O)CCOc1ccc2c(C#N)c(-c3ccc(NC(=O)OC(C)C)cc3)n(C3CCC3)c2c1. The van der Waals surface area contributed by atoms with Crippen LogP contribution in [-0.2, 0) is 19.3 Å². The number of amides is 1. The minimum Gasteiger partial charge on any atom is -0.492 e. The summed E-state index contributed by atoms with van der Waals surface area (Å²) in [6.45, 7) is 4.57. The first kappa shape index (κ1) is 28.6. The van der Waals surface area contributed by atoms with Crippen molar-refractivity contribution in [1.29, 1.82) is 16.1 Å². The molecule has 11 nitrogen and oxygen atoms in total. The molecule has 0 aliphatic heterocycles. The molecule has 1 aliphatic rings. The van der Waals surface area contributed by atoms with Gasteiger partial charge in [-0.25, -0.2) is 13.2 Å². The van der Waals surface area contributed by atoms with Crippen LogP contribution in [0.3, 0.4) is 0 Å². The first-order valence-corrected chi connectivity index (χ1v) is 14.5. The van der Waals surface area contributed by atoms with E-state index in [4.69, 9.17) is 20.3 Å². The number of carbonyl (C=O) groups excluding carboxylic acids is 1. The Balaban J connectivity index is 1.63. The van der Waals surface area contributed by atoms with Crippen molar-refractivity contribution in [1.82, 2.24) is 4.57 Å². The molecule has 210 valence electrons. The lowest BCUT2D eigenvalue weighted by molar-refractivity contribution is 0.130. The van der Waals surface area contributed by atoms with Gasteiger partial charge in [-0.3, -0.25) is 16.1 Å². The Morgan fingerprint density at radius 2 is 1.88 bits per heavy atom. The zero-order valence-electron chi connectivity index (χ0n) is 22.5. The minimum atomic E-state index is -4.03. The molecule has 4 rings (SSSR count). The summed E-state index contributed by atoms with van der Waals surface area (Å²) >= 11 is 0. The Labute approximate surface area is 232 Å². The van der Waals surface area contributed by atoms with Crippen LogP contribution >= 0.6 is 0 Å². The molecule has 0 radical (unpaired) electrons. The number of ether oxygens (including phenoxy) is 3. The molecule has 0 saturated heterocycles. The zero-order chi connectivity index (χ0) is 29.0. The number of rotatable bonds is 8. The van der Waals surface area contributed by atoms with Gasteiger partial charge >= 0.3 is 11.3 Å². The van der Waals surface area contributed by atoms with Crippen molar-refractivity contribution in [2.24, 2.45) is 0 Å². The summed E-state index contributed by atoms with van der Waals surface area (Å²) in [5.74, 6) is -0.448. The van der Waals surface area contributed by atoms with Crippen LogP contribution in [-0.4, -0.2) is 48.7 Å². The van der Waals surface area contributed by atoms with E-state index in [1.54, 1.807) is 44.2 Å². The Bertz CT molecular complexity index is 1600. The van der Waals surface area contributed by atoms with Crippen molar-refractivity contribution in [3.8, 4) is 23.1 Å². The molecule has 0 atom stereocenters. The number of nitrogens with one attached hydrogen (secondary N) is 3. The van der Waals surface area contributed by atoms with Crippen molar-refractivity contribution in [3.63, 3.8) is 0 Å². The number of fused-ring (bicyclic) bond motifs is 1. The second-order valence-corrected chi connectivity index (χ2v) is 11.7. The topological polar surface area (TPSA) is 167 Å². The van der Waals surface area contributed by atoms with Gasteiger partial charge in [-0.2, -0.15) is 5.26 Å². The average molecular weight is 566 g/mol. The second-order valence-electron chi connectivity index (χ2n) is 9.74. The fourth-order valence-electron chi connectivity index (χ4n) is 4.44. The largest absolute Gasteiger partial charge is 0.492 e. The maximum Gasteiger partial charge on any atom is 0.411 e. The standard InChI is InChI=1S/C28H31N5O6S/c1-17(2)38-28(34)32-20-9-7-19(8-10-20)26-24(16-29)23-12-11-22(15-25(23)33(26)21-5-4-6-21)37-13-14-40(35,36)27(31)39-18(3)30/h7-12,15,17,21,30-31H,4-6,13-14H2,1-3H3,(H,32,34). The van der Waals surface area contributed by atoms with Crippen LogP contribution in [0.15, 0.2) is 42.5 Å². The molecule has 3 N–H and O–H groups in total. The third-order valence-corrected chi connectivity index (χ3v) is 7.78. The molecule has 0 bridgehead atoms. The first-order chi connectivity index (χ1) is 19.0. The predicted octanol–water partition coefficient (Wildman–Crippen LogP) is 5.60. The predicted molar refractivity (Wildman–Crippen MR) is 152 cm³/mol. The van der Waals surface area contributed by atoms with Crippen LogP contribution in [0.25, 0.3) is 22.2 Å². The fourth-order valence-corrected chi connectivity index (χ4v) is 5.18. The van der Waals surface area contributed by atoms with Gasteiger partial charge in [-0.05, 0) is 62.9 Å². The van der Waals surface area contributed by atoms with E-state index in [0.29, 0.717) is 17.0 Å². The lowest BCUT2D eigenvalue weighted by Gasteiger charge is -2.30. The summed E-state index contributed by atoms with van der Waals surface area (Å²) in [4.78, 5) is 12.0. The van der Waals surface area contributed by atoms with Crippen molar-refractivity contribution in [2.45, 2.75) is 52.2 Å². The molecular weight excluding hydrogens is 534 g/mol. The molecule has 40 heavy (non-hydrogen) atoms. The van der Waals surface area contributed by atoms with Gasteiger partial charge in [0.05, 0.1) is 28.6 Å². The lowest BCUT2D eigenvalue weighted by atomic mass is 9.92. The Hall–Kier alpha value is -4.37. The van der Waals surface area contributed by atoms with E-state index in [-0.39, 0.29) is 24.7 Å². The number of nitriles is 1. The number of hydrogen-bond acceptors (Lipinski definition) is 9. The lowest BCUT2D eigenvalue weighted by Crippen LogP contribution is -2.25. The highest BCUT2D eigenvalue weighted by Crippen LogP contribution is 2.43. The third kappa shape index (κ3) is 6.26. The Kier molecular flexibility index (Phi) is 8.44. The number of carbonyl (C=O) groups is 1. The molecule has 1 fully saturated rings. The molecule has 3 aromatic rings. The van der Waals surface area contributed by atoms with Gasteiger partial charge in [-0.15, -0.1) is 0 Å². The van der Waals surface area contributed by atoms with Gasteiger partial charge in [0, 0.05) is 30.1 Å². The van der Waals surface area contributed by atoms with Crippen molar-refractivity contribution < 1.29 is 27.4 Å². The van der Waals surface area contributed by atoms with E-state index in [9.17, 15) is 18.5 Å². The number of sulfone groups is 1. The van der Waals surface area contributed by atoms with E-state index in [2.05, 4.69) is 20.7 Å². The summed E-state index contributed by atoms with van der Waals surface area (Å²) in [7, 11) is -4.03. The van der Waals surface area contributed by atoms with Gasteiger partial charge in [-0.1, -0.05) is 12.1 Å². The summed E-state index contributed by atoms with van der Waals surface area (Å²) in [6.07, 6.45) is 2.20. The highest BCUT2D eigenvalue weighted by atomic mass is 32.2. The van der Waals surface area contributed by atoms with Crippen LogP contribution in [0, 0.1) is 22.1 Å². The molecular formula is C28H31N5O6S. The molecule has 1 saturated carbocycles. The summed E-state index contributed by atoms with van der Waals surface area (Å²) < 4.78 is 42.1. The normalized spacial score (nSPS) is 13.4. The van der Waals surface area contributed by atoms with Crippen LogP contribution in [0.1, 0.15) is 51.6 Å². The number of anilines is 1. The number of benzene rings is 2. The van der Waals surface area contributed by atoms with Gasteiger partial charge in [0.2, 0.25) is 9.84 Å². The zero-order valence-corrected chi connectivity index (χ0v) is 23.3. The monoisotopic (exact) mass is 565 g/mol. The number of aromatic nitrogens is 1. The first-order valence-electron chi connectivity index (χ1n) is 12.8. The molecule has 12 heteroatoms. The molecule has 0 spiro atoms. The number of nitrogens with zero attached hydrogens (tertiary/aromatic N) is 2. The quantitative estimate of drug-likeness (QED) is 0.236. The summed E-state index contributed by atoms with van der Waals surface area (Å²) in [6, 6.07) is 15.0. The minimum absolute atomic E-state index is 0.191. The average Bonchev–Trinajstić information content (AvgIpc) is 3.15. The van der Waals surface area contributed by atoms with E-state index in [0.717, 1.165) is 41.4 Å². The van der Waals surface area contributed by atoms with E-state index in [1.807, 2.05) is 12.1 Å². The van der Waals surface area contributed by atoms with Gasteiger partial charge in [0.15, 0.2) is 5.90 Å². The molecule has 0 unspecified atom stereocenters. The highest BCUT2D eigenvalue weighted by Gasteiger charge is 2.28. The Morgan fingerprint density at radius 3 is 2.45 bits per heavy atom. The third-order valence-electron chi connectivity index (χ3n) is 6.42. The second kappa shape index (κ2) is 11.8. The van der Waals surface area contributed by atoms with Crippen molar-refractivity contribution >= 4 is 43.6 Å². The van der Waals surface area contributed by atoms with Crippen LogP contribution in [0.5, 0.6) is 5.75 Å². The van der Waals surface area contributed by atoms with Crippen molar-refractivity contribution in [2.75, 3.05) is 17.7 Å². The molecule has 1 heterocycles. The van der Waals surface area contributed by atoms with E-state index in [1.165, 1.54) is 6.92 Å². The molecule has 1 amide bonds. The van der Waals surface area contributed by atoms with Crippen LogP contribution in [0.2, 0.25) is 0 Å². The van der Waals surface area contributed by atoms with Crippen LogP contribution < -0.4 is 10.1 Å². The molecule has 2 aromatic carbocycles. The fraction of sp³-hybridized carbons (Fsp3) is 0.357. The maximum atomic E-state index is 12.2. The van der Waals surface area contributed by atoms with Gasteiger partial charge in [0.25, 0.3) is 0 Å². The smallest absolute Gasteiger partial charge is 0.411 e. The Morgan fingerprint density at radius 1 is 1.18 bits per heavy atom. The van der Waals surface area contributed by atoms with Gasteiger partial charge < -0.3 is 18.8 Å². The summed E-state index contributed by atoms with van der Waals surface area (Å²) in [5, 5.41) is 27.4. The van der Waals surface area contributed by atoms with Crippen LogP contribution in [0.4, 0.5) is 10.5 Å². The maximum absolute atomic E-state index is 12.2. The van der Waals surface area contributed by atoms with Crippen molar-refractivity contribution in [3.05, 3.63) is 48.0 Å². The van der Waals surface area contributed by atoms with Gasteiger partial charge in [0.1, 0.15) is 18.4 Å².